The van der Waals surface area contributed by atoms with Crippen molar-refractivity contribution in [3.05, 3.63) is 0 Å². The van der Waals surface area contributed by atoms with Gasteiger partial charge >= 0.3 is 26.2 Å². The fourth-order valence-electron chi connectivity index (χ4n) is 5.33. The SMILES string of the molecule is [2H]C([2H])(N[C@@H]1CCNC1)C(=O)N1C([2H])([2H])CC[C@@]1([2H])B1OC(=O)C2OB([C@@]3([2H])CCC([2H])([2H])N3C(=O)C([2H])([2H])N[C@@H]3CCNC3)OC(=O)C2O1. The molecule has 218 valence electrons. The van der Waals surface area contributed by atoms with Crippen LogP contribution in [0.1, 0.15) is 52.2 Å². The van der Waals surface area contributed by atoms with Crippen LogP contribution in [-0.4, -0.2) is 136 Å². The summed E-state index contributed by atoms with van der Waals surface area (Å²) in [6, 6.07) is -0.925. The third-order valence-electron chi connectivity index (χ3n) is 7.44. The summed E-state index contributed by atoms with van der Waals surface area (Å²) in [5.74, 6) is -10.7. The van der Waals surface area contributed by atoms with Crippen LogP contribution in [0.2, 0.25) is 0 Å². The van der Waals surface area contributed by atoms with Crippen LogP contribution in [0.3, 0.4) is 0 Å². The summed E-state index contributed by atoms with van der Waals surface area (Å²) in [6.07, 6.45) is -4.90. The van der Waals surface area contributed by atoms with Crippen LogP contribution in [-0.2, 0) is 37.8 Å². The first-order valence-corrected chi connectivity index (χ1v) is 13.5. The lowest BCUT2D eigenvalue weighted by molar-refractivity contribution is -0.179. The molecule has 40 heavy (non-hydrogen) atoms. The highest BCUT2D eigenvalue weighted by Gasteiger charge is 2.59. The molecule has 2 unspecified atom stereocenters. The van der Waals surface area contributed by atoms with Gasteiger partial charge in [0.15, 0.2) is 12.2 Å². The molecule has 6 atom stereocenters. The van der Waals surface area contributed by atoms with Crippen LogP contribution in [0, 0.1) is 0 Å². The number of amides is 2. The largest absolute Gasteiger partial charge is 0.552 e. The molecule has 0 bridgehead atoms. The van der Waals surface area contributed by atoms with E-state index in [1.165, 1.54) is 0 Å². The van der Waals surface area contributed by atoms with Crippen molar-refractivity contribution in [2.45, 2.75) is 74.7 Å². The zero-order valence-corrected chi connectivity index (χ0v) is 21.7. The molecule has 2 amide bonds. The average Bonchev–Trinajstić information content (AvgIpc) is 3.81. The van der Waals surface area contributed by atoms with Crippen LogP contribution in [0.15, 0.2) is 0 Å². The van der Waals surface area contributed by atoms with Gasteiger partial charge in [-0.3, -0.25) is 19.2 Å². The van der Waals surface area contributed by atoms with Gasteiger partial charge in [0.2, 0.25) is 11.8 Å². The predicted octanol–water partition coefficient (Wildman–Crippen LogP) is -3.19. The first kappa shape index (κ1) is 18.3. The Morgan fingerprint density at radius 3 is 1.70 bits per heavy atom. The summed E-state index contributed by atoms with van der Waals surface area (Å²) in [6.45, 7) is -9.05. The van der Waals surface area contributed by atoms with E-state index in [9.17, 15) is 19.2 Å². The quantitative estimate of drug-likeness (QED) is 0.217. The Hall–Kier alpha value is -2.23. The first-order valence-electron chi connectivity index (χ1n) is 18.5. The summed E-state index contributed by atoms with van der Waals surface area (Å²) >= 11 is 0. The van der Waals surface area contributed by atoms with Crippen LogP contribution in [0.4, 0.5) is 0 Å². The topological polar surface area (TPSA) is 160 Å². The predicted molar refractivity (Wildman–Crippen MR) is 141 cm³/mol. The number of carbonyl (C=O) groups is 4. The third kappa shape index (κ3) is 5.88. The molecule has 0 radical (unpaired) electrons. The first-order chi connectivity index (χ1) is 23.1. The molecule has 0 saturated carbocycles. The molecule has 6 aliphatic rings. The van der Waals surface area contributed by atoms with Crippen molar-refractivity contribution in [2.24, 2.45) is 0 Å². The van der Waals surface area contributed by atoms with Gasteiger partial charge in [-0.15, -0.1) is 0 Å². The van der Waals surface area contributed by atoms with Gasteiger partial charge in [-0.05, 0) is 51.6 Å². The van der Waals surface area contributed by atoms with Crippen molar-refractivity contribution in [2.75, 3.05) is 52.2 Å². The standard InChI is InChI=1S/C24H38B2N6O8/c33-19(13-29-15-5-7-27-11-15)31-9-1-3-17(31)25-37-21-22(23(35)39-25)38-26(40-24(21)36)18-4-2-10-32(18)20(34)14-30-16-6-8-28-12-16/h15-18,21-22,27-30H,1-14H2/t15-,16-,17-,18+,21?,22?/m1/s1/i9D2,10D2,13D2,14D2,17D,18D. The molecule has 0 aromatic heterocycles. The Kier molecular flexibility index (Phi) is 5.65. The van der Waals surface area contributed by atoms with Gasteiger partial charge in [-0.2, -0.15) is 0 Å². The number of fused-ring (bicyclic) bond motifs is 1. The fourth-order valence-corrected chi connectivity index (χ4v) is 5.33. The van der Waals surface area contributed by atoms with Gasteiger partial charge in [-0.25, -0.2) is 0 Å². The number of nitrogens with zero attached hydrogens (tertiary/aromatic N) is 2. The van der Waals surface area contributed by atoms with E-state index in [0.29, 0.717) is 48.8 Å². The second-order valence-corrected chi connectivity index (χ2v) is 10.1. The summed E-state index contributed by atoms with van der Waals surface area (Å²) in [5, 5.41) is 11.1. The second kappa shape index (κ2) is 12.3. The highest BCUT2D eigenvalue weighted by atomic mass is 16.7. The highest BCUT2D eigenvalue weighted by molar-refractivity contribution is 6.53. The molecule has 6 fully saturated rings. The molecule has 16 heteroatoms. The summed E-state index contributed by atoms with van der Waals surface area (Å²) in [5.41, 5.74) is 0. The zero-order chi connectivity index (χ0) is 36.7. The van der Waals surface area contributed by atoms with Crippen LogP contribution in [0.5, 0.6) is 0 Å². The van der Waals surface area contributed by atoms with E-state index in [1.54, 1.807) is 0 Å². The van der Waals surface area contributed by atoms with E-state index in [-0.39, 0.29) is 0 Å². The number of rotatable bonds is 8. The fraction of sp³-hybridized carbons (Fsp3) is 0.833. The number of hydrogen-bond acceptors (Lipinski definition) is 12. The molecule has 0 aromatic rings. The number of hydrogen-bond donors (Lipinski definition) is 4. The van der Waals surface area contributed by atoms with Gasteiger partial charge in [0.05, 0.1) is 33.1 Å². The molecular formula is C24H38B2N6O8. The van der Waals surface area contributed by atoms with Crippen molar-refractivity contribution in [1.29, 1.82) is 0 Å². The minimum atomic E-state index is -2.85. The lowest BCUT2D eigenvalue weighted by Crippen LogP contribution is -2.66. The molecule has 6 saturated heterocycles. The van der Waals surface area contributed by atoms with Gasteiger partial charge in [0, 0.05) is 43.6 Å². The van der Waals surface area contributed by atoms with Crippen LogP contribution in [0.25, 0.3) is 0 Å². The number of likely N-dealkylation sites (tertiary alicyclic amines) is 2. The number of carbonyl (C=O) groups excluding carboxylic acids is 4. The van der Waals surface area contributed by atoms with Crippen molar-refractivity contribution in [1.82, 2.24) is 31.1 Å². The lowest BCUT2D eigenvalue weighted by atomic mass is 9.72. The molecule has 0 aliphatic carbocycles. The summed E-state index contributed by atoms with van der Waals surface area (Å²) in [4.78, 5) is 54.6. The van der Waals surface area contributed by atoms with E-state index in [4.69, 9.17) is 32.3 Å². The molecule has 6 rings (SSSR count). The molecule has 14 nitrogen and oxygen atoms in total. The minimum Gasteiger partial charge on any atom is -0.506 e. The maximum atomic E-state index is 13.6. The zero-order valence-electron chi connectivity index (χ0n) is 31.7. The lowest BCUT2D eigenvalue weighted by Gasteiger charge is -2.41. The Morgan fingerprint density at radius 2 is 1.30 bits per heavy atom. The monoisotopic (exact) mass is 570 g/mol. The van der Waals surface area contributed by atoms with Crippen molar-refractivity contribution in [3.63, 3.8) is 0 Å². The van der Waals surface area contributed by atoms with Gasteiger partial charge < -0.3 is 49.7 Å². The number of nitrogens with one attached hydrogen (secondary N) is 4. The molecule has 6 heterocycles. The summed E-state index contributed by atoms with van der Waals surface area (Å²) in [7, 11) is -4.25. The average molecular weight is 570 g/mol. The van der Waals surface area contributed by atoms with E-state index >= 15 is 0 Å². The van der Waals surface area contributed by atoms with E-state index in [1.807, 2.05) is 0 Å². The van der Waals surface area contributed by atoms with Crippen molar-refractivity contribution >= 4 is 38.0 Å². The Morgan fingerprint density at radius 1 is 0.850 bits per heavy atom. The highest BCUT2D eigenvalue weighted by Crippen LogP contribution is 2.31. The maximum absolute atomic E-state index is 13.6. The van der Waals surface area contributed by atoms with Crippen molar-refractivity contribution < 1.29 is 51.5 Å². The molecule has 0 aromatic carbocycles. The van der Waals surface area contributed by atoms with Crippen LogP contribution >= 0.6 is 0 Å². The third-order valence-corrected chi connectivity index (χ3v) is 7.44. The Bertz CT molecular complexity index is 1310. The van der Waals surface area contributed by atoms with E-state index in [0.717, 1.165) is 0 Å². The van der Waals surface area contributed by atoms with E-state index in [2.05, 4.69) is 21.3 Å². The molecule has 4 N–H and O–H groups in total. The molecule has 0 spiro atoms. The smallest absolute Gasteiger partial charge is 0.506 e. The van der Waals surface area contributed by atoms with Gasteiger partial charge in [-0.1, -0.05) is 0 Å². The molecule has 6 aliphatic heterocycles. The van der Waals surface area contributed by atoms with Crippen molar-refractivity contribution in [3.8, 4) is 0 Å². The maximum Gasteiger partial charge on any atom is 0.552 e. The minimum absolute atomic E-state index is 0.304. The van der Waals surface area contributed by atoms with Crippen LogP contribution < -0.4 is 21.3 Å². The summed E-state index contributed by atoms with van der Waals surface area (Å²) < 4.78 is 107. The van der Waals surface area contributed by atoms with E-state index < -0.39 is 126 Å². The van der Waals surface area contributed by atoms with Gasteiger partial charge in [0.25, 0.3) is 0 Å². The normalized spacial score (nSPS) is 44.9. The van der Waals surface area contributed by atoms with Gasteiger partial charge in [0.1, 0.15) is 0 Å². The molecular weight excluding hydrogens is 522 g/mol. The second-order valence-electron chi connectivity index (χ2n) is 10.1. The Balaban J connectivity index is 1.21. The Labute approximate surface area is 248 Å².